The molecule has 108 valence electrons. The summed E-state index contributed by atoms with van der Waals surface area (Å²) >= 11 is 1.72. The fourth-order valence-electron chi connectivity index (χ4n) is 3.82. The van der Waals surface area contributed by atoms with E-state index in [1.54, 1.807) is 11.3 Å². The van der Waals surface area contributed by atoms with E-state index in [1.165, 1.54) is 37.7 Å². The second-order valence-electron chi connectivity index (χ2n) is 6.62. The molecule has 1 aliphatic heterocycles. The molecule has 3 aliphatic rings. The SMILES string of the molecule is O=C1N(CCC2CCCC2)C(c2ccsc2)NC12CC2. The first-order chi connectivity index (χ1) is 9.78. The van der Waals surface area contributed by atoms with Gasteiger partial charge in [0.2, 0.25) is 5.91 Å². The van der Waals surface area contributed by atoms with Crippen LogP contribution < -0.4 is 5.32 Å². The molecule has 1 spiro atoms. The number of carbonyl (C=O) groups excluding carboxylic acids is 1. The smallest absolute Gasteiger partial charge is 0.244 e. The minimum Gasteiger partial charge on any atom is -0.321 e. The van der Waals surface area contributed by atoms with Gasteiger partial charge in [0.1, 0.15) is 11.7 Å². The van der Waals surface area contributed by atoms with Crippen molar-refractivity contribution in [3.8, 4) is 0 Å². The molecule has 0 bridgehead atoms. The fourth-order valence-corrected chi connectivity index (χ4v) is 4.50. The van der Waals surface area contributed by atoms with E-state index in [0.29, 0.717) is 5.91 Å². The maximum absolute atomic E-state index is 12.7. The van der Waals surface area contributed by atoms with E-state index in [2.05, 4.69) is 27.0 Å². The molecule has 4 rings (SSSR count). The zero-order valence-electron chi connectivity index (χ0n) is 11.8. The maximum Gasteiger partial charge on any atom is 0.244 e. The molecule has 3 nitrogen and oxygen atoms in total. The lowest BCUT2D eigenvalue weighted by Gasteiger charge is -2.25. The molecule has 1 unspecified atom stereocenters. The quantitative estimate of drug-likeness (QED) is 0.923. The Morgan fingerprint density at radius 2 is 2.15 bits per heavy atom. The molecule has 0 radical (unpaired) electrons. The van der Waals surface area contributed by atoms with Gasteiger partial charge in [0, 0.05) is 6.54 Å². The van der Waals surface area contributed by atoms with Gasteiger partial charge in [0.15, 0.2) is 0 Å². The topological polar surface area (TPSA) is 32.3 Å². The number of hydrogen-bond acceptors (Lipinski definition) is 3. The van der Waals surface area contributed by atoms with Crippen LogP contribution in [0.25, 0.3) is 0 Å². The number of carbonyl (C=O) groups is 1. The number of hydrogen-bond donors (Lipinski definition) is 1. The Morgan fingerprint density at radius 1 is 1.35 bits per heavy atom. The predicted octanol–water partition coefficient (Wildman–Crippen LogP) is 3.29. The highest BCUT2D eigenvalue weighted by molar-refractivity contribution is 7.07. The van der Waals surface area contributed by atoms with Gasteiger partial charge in [-0.05, 0) is 47.6 Å². The van der Waals surface area contributed by atoms with Crippen molar-refractivity contribution in [2.75, 3.05) is 6.54 Å². The van der Waals surface area contributed by atoms with E-state index in [4.69, 9.17) is 0 Å². The van der Waals surface area contributed by atoms with Gasteiger partial charge in [0.25, 0.3) is 0 Å². The average Bonchev–Trinajstić information content (AvgIpc) is 2.90. The first kappa shape index (κ1) is 12.8. The lowest BCUT2D eigenvalue weighted by Crippen LogP contribution is -2.33. The van der Waals surface area contributed by atoms with Gasteiger partial charge in [-0.25, -0.2) is 0 Å². The Labute approximate surface area is 124 Å². The maximum atomic E-state index is 12.7. The predicted molar refractivity (Wildman–Crippen MR) is 80.4 cm³/mol. The minimum absolute atomic E-state index is 0.123. The van der Waals surface area contributed by atoms with Gasteiger partial charge in [0.05, 0.1) is 0 Å². The zero-order valence-corrected chi connectivity index (χ0v) is 12.6. The van der Waals surface area contributed by atoms with Crippen molar-refractivity contribution in [1.29, 1.82) is 0 Å². The number of rotatable bonds is 4. The van der Waals surface area contributed by atoms with Crippen molar-refractivity contribution in [2.45, 2.75) is 56.7 Å². The van der Waals surface area contributed by atoms with E-state index in [-0.39, 0.29) is 11.7 Å². The largest absolute Gasteiger partial charge is 0.321 e. The van der Waals surface area contributed by atoms with Crippen LogP contribution in [-0.2, 0) is 4.79 Å². The Balaban J connectivity index is 1.49. The summed E-state index contributed by atoms with van der Waals surface area (Å²) in [6.45, 7) is 0.929. The summed E-state index contributed by atoms with van der Waals surface area (Å²) < 4.78 is 0. The van der Waals surface area contributed by atoms with Crippen LogP contribution in [0.5, 0.6) is 0 Å². The third-order valence-corrected chi connectivity index (χ3v) is 5.96. The third-order valence-electron chi connectivity index (χ3n) is 5.26. The minimum atomic E-state index is -0.192. The van der Waals surface area contributed by atoms with Crippen LogP contribution >= 0.6 is 11.3 Å². The molecule has 1 amide bonds. The lowest BCUT2D eigenvalue weighted by molar-refractivity contribution is -0.131. The summed E-state index contributed by atoms with van der Waals surface area (Å²) in [5.41, 5.74) is 1.07. The molecule has 3 fully saturated rings. The van der Waals surface area contributed by atoms with E-state index in [9.17, 15) is 4.79 Å². The molecule has 1 aromatic rings. The molecule has 1 N–H and O–H groups in total. The number of thiophene rings is 1. The summed E-state index contributed by atoms with van der Waals surface area (Å²) in [5.74, 6) is 1.20. The summed E-state index contributed by atoms with van der Waals surface area (Å²) in [6.07, 6.45) is 8.84. The number of amides is 1. The molecule has 2 saturated carbocycles. The Kier molecular flexibility index (Phi) is 3.11. The van der Waals surface area contributed by atoms with Crippen LogP contribution in [0.3, 0.4) is 0 Å². The molecule has 0 aromatic carbocycles. The average molecular weight is 290 g/mol. The van der Waals surface area contributed by atoms with Crippen molar-refractivity contribution in [3.63, 3.8) is 0 Å². The monoisotopic (exact) mass is 290 g/mol. The molecule has 2 heterocycles. The van der Waals surface area contributed by atoms with E-state index in [0.717, 1.165) is 25.3 Å². The summed E-state index contributed by atoms with van der Waals surface area (Å²) in [5, 5.41) is 7.88. The number of nitrogens with zero attached hydrogens (tertiary/aromatic N) is 1. The summed E-state index contributed by atoms with van der Waals surface area (Å²) in [4.78, 5) is 14.8. The second kappa shape index (κ2) is 4.85. The second-order valence-corrected chi connectivity index (χ2v) is 7.40. The van der Waals surface area contributed by atoms with E-state index in [1.807, 2.05) is 0 Å². The van der Waals surface area contributed by atoms with Gasteiger partial charge in [-0.1, -0.05) is 25.7 Å². The molecule has 1 atom stereocenters. The van der Waals surface area contributed by atoms with Crippen LogP contribution in [0.2, 0.25) is 0 Å². The molecular weight excluding hydrogens is 268 g/mol. The first-order valence-corrected chi connectivity index (χ1v) is 8.84. The molecule has 4 heteroatoms. The van der Waals surface area contributed by atoms with Crippen LogP contribution in [-0.4, -0.2) is 22.9 Å². The third kappa shape index (κ3) is 2.09. The van der Waals surface area contributed by atoms with Crippen LogP contribution in [0.15, 0.2) is 16.8 Å². The van der Waals surface area contributed by atoms with Crippen molar-refractivity contribution in [1.82, 2.24) is 10.2 Å². The summed E-state index contributed by atoms with van der Waals surface area (Å²) in [6, 6.07) is 2.15. The standard InChI is InChI=1S/C16H22N2OS/c19-15-16(7-8-16)17-14(13-6-10-20-11-13)18(15)9-5-12-3-1-2-4-12/h6,10-12,14,17H,1-5,7-9H2. The zero-order chi connectivity index (χ0) is 13.6. The van der Waals surface area contributed by atoms with Crippen molar-refractivity contribution >= 4 is 17.2 Å². The fraction of sp³-hybridized carbons (Fsp3) is 0.688. The molecule has 1 saturated heterocycles. The van der Waals surface area contributed by atoms with Crippen molar-refractivity contribution in [3.05, 3.63) is 22.4 Å². The van der Waals surface area contributed by atoms with Crippen molar-refractivity contribution < 1.29 is 4.79 Å². The highest BCUT2D eigenvalue weighted by Gasteiger charge is 2.59. The van der Waals surface area contributed by atoms with Gasteiger partial charge in [-0.2, -0.15) is 11.3 Å². The normalized spacial score (nSPS) is 28.7. The number of nitrogens with one attached hydrogen (secondary N) is 1. The Bertz CT molecular complexity index is 489. The molecule has 1 aromatic heterocycles. The summed E-state index contributed by atoms with van der Waals surface area (Å²) in [7, 11) is 0. The first-order valence-electron chi connectivity index (χ1n) is 7.89. The van der Waals surface area contributed by atoms with Crippen LogP contribution in [0.1, 0.15) is 56.7 Å². The Hall–Kier alpha value is -0.870. The van der Waals surface area contributed by atoms with Crippen molar-refractivity contribution in [2.24, 2.45) is 5.92 Å². The van der Waals surface area contributed by atoms with E-state index < -0.39 is 0 Å². The van der Waals surface area contributed by atoms with Gasteiger partial charge in [-0.15, -0.1) is 0 Å². The van der Waals surface area contributed by atoms with Crippen LogP contribution in [0, 0.1) is 5.92 Å². The van der Waals surface area contributed by atoms with Gasteiger partial charge < -0.3 is 4.90 Å². The Morgan fingerprint density at radius 3 is 2.80 bits per heavy atom. The van der Waals surface area contributed by atoms with Gasteiger partial charge in [-0.3, -0.25) is 10.1 Å². The highest BCUT2D eigenvalue weighted by Crippen LogP contribution is 2.46. The van der Waals surface area contributed by atoms with Crippen LogP contribution in [0.4, 0.5) is 0 Å². The molecule has 2 aliphatic carbocycles. The lowest BCUT2D eigenvalue weighted by atomic mass is 10.0. The van der Waals surface area contributed by atoms with E-state index >= 15 is 0 Å². The molecular formula is C16H22N2OS. The molecule has 20 heavy (non-hydrogen) atoms. The highest BCUT2D eigenvalue weighted by atomic mass is 32.1. The van der Waals surface area contributed by atoms with Gasteiger partial charge >= 0.3 is 0 Å².